The largest absolute Gasteiger partial charge is 0.478 e. The molecule has 0 spiro atoms. The van der Waals surface area contributed by atoms with Crippen LogP contribution in [0.3, 0.4) is 0 Å². The Morgan fingerprint density at radius 2 is 1.43 bits per heavy atom. The highest BCUT2D eigenvalue weighted by atomic mass is 16.7. The average molecular weight is 393 g/mol. The Morgan fingerprint density at radius 3 is 1.96 bits per heavy atom. The van der Waals surface area contributed by atoms with Crippen molar-refractivity contribution < 1.29 is 19.4 Å². The van der Waals surface area contributed by atoms with E-state index in [9.17, 15) is 4.79 Å². The Hall–Kier alpha value is -1.39. The Kier molecular flexibility index (Phi) is 13.7. The maximum absolute atomic E-state index is 11.0. The summed E-state index contributed by atoms with van der Waals surface area (Å²) < 4.78 is 11.8. The molecule has 1 rings (SSSR count). The molecule has 0 bridgehead atoms. The molecule has 1 aromatic rings. The number of unbranched alkanes of at least 4 members (excludes halogenated alkanes) is 6. The second-order valence-electron chi connectivity index (χ2n) is 7.49. The van der Waals surface area contributed by atoms with E-state index in [-0.39, 0.29) is 6.29 Å². The van der Waals surface area contributed by atoms with E-state index in [2.05, 4.69) is 6.92 Å². The monoisotopic (exact) mass is 392 g/mol. The van der Waals surface area contributed by atoms with Crippen LogP contribution >= 0.6 is 0 Å². The molecule has 0 amide bonds. The highest BCUT2D eigenvalue weighted by molar-refractivity contribution is 5.87. The number of ether oxygens (including phenoxy) is 2. The summed E-state index contributed by atoms with van der Waals surface area (Å²) in [5.41, 5.74) is 1.51. The van der Waals surface area contributed by atoms with Crippen LogP contribution in [-0.4, -0.2) is 30.6 Å². The van der Waals surface area contributed by atoms with Crippen molar-refractivity contribution in [3.8, 4) is 0 Å². The first-order valence-corrected chi connectivity index (χ1v) is 11.2. The van der Waals surface area contributed by atoms with E-state index in [0.717, 1.165) is 19.3 Å². The fourth-order valence-corrected chi connectivity index (χ4v) is 3.59. The van der Waals surface area contributed by atoms with Crippen LogP contribution in [0.1, 0.15) is 94.5 Å². The summed E-state index contributed by atoms with van der Waals surface area (Å²) in [6.45, 7) is 7.60. The predicted octanol–water partition coefficient (Wildman–Crippen LogP) is 6.47. The molecule has 1 atom stereocenters. The molecule has 0 aliphatic rings. The normalized spacial score (nSPS) is 12.4. The third-order valence-electron chi connectivity index (χ3n) is 5.23. The molecule has 1 aromatic carbocycles. The standard InChI is InChI=1S/C24H40O4/c1-4-7-8-9-10-11-12-13-22(24(27-5-2)28-6-3)19-16-20-14-17-21(18-15-20)23(25)26/h14-15,17-18,22,24H,4-13,16,19H2,1-3H3,(H,25,26). The minimum Gasteiger partial charge on any atom is -0.478 e. The Labute approximate surface area is 171 Å². The Balaban J connectivity index is 2.54. The number of carboxylic acid groups (broad SMARTS) is 1. The van der Waals surface area contributed by atoms with Crippen LogP contribution in [0.25, 0.3) is 0 Å². The lowest BCUT2D eigenvalue weighted by atomic mass is 9.92. The zero-order chi connectivity index (χ0) is 20.6. The van der Waals surface area contributed by atoms with E-state index in [1.54, 1.807) is 12.1 Å². The summed E-state index contributed by atoms with van der Waals surface area (Å²) in [6.07, 6.45) is 12.0. The molecule has 0 heterocycles. The van der Waals surface area contributed by atoms with Crippen molar-refractivity contribution in [2.75, 3.05) is 13.2 Å². The first-order chi connectivity index (χ1) is 13.6. The van der Waals surface area contributed by atoms with E-state index >= 15 is 0 Å². The van der Waals surface area contributed by atoms with Crippen molar-refractivity contribution in [3.05, 3.63) is 35.4 Å². The van der Waals surface area contributed by atoms with Crippen LogP contribution in [0, 0.1) is 5.92 Å². The minimum absolute atomic E-state index is 0.145. The highest BCUT2D eigenvalue weighted by Crippen LogP contribution is 2.24. The number of carbonyl (C=O) groups is 1. The summed E-state index contributed by atoms with van der Waals surface area (Å²) >= 11 is 0. The molecule has 1 unspecified atom stereocenters. The van der Waals surface area contributed by atoms with E-state index in [0.29, 0.717) is 24.7 Å². The van der Waals surface area contributed by atoms with E-state index in [1.165, 1.54) is 50.5 Å². The molecule has 4 heteroatoms. The second-order valence-corrected chi connectivity index (χ2v) is 7.49. The average Bonchev–Trinajstić information content (AvgIpc) is 2.69. The molecular formula is C24H40O4. The lowest BCUT2D eigenvalue weighted by molar-refractivity contribution is -0.169. The van der Waals surface area contributed by atoms with Crippen molar-refractivity contribution in [1.82, 2.24) is 0 Å². The van der Waals surface area contributed by atoms with Gasteiger partial charge in [-0.2, -0.15) is 0 Å². The fraction of sp³-hybridized carbons (Fsp3) is 0.708. The second kappa shape index (κ2) is 15.5. The van der Waals surface area contributed by atoms with Crippen LogP contribution in [0.15, 0.2) is 24.3 Å². The van der Waals surface area contributed by atoms with Gasteiger partial charge in [0, 0.05) is 19.1 Å². The Morgan fingerprint density at radius 1 is 0.857 bits per heavy atom. The van der Waals surface area contributed by atoms with Gasteiger partial charge in [-0.1, -0.05) is 64.0 Å². The molecule has 4 nitrogen and oxygen atoms in total. The van der Waals surface area contributed by atoms with Crippen LogP contribution < -0.4 is 0 Å². The zero-order valence-corrected chi connectivity index (χ0v) is 18.1. The van der Waals surface area contributed by atoms with Gasteiger partial charge in [0.05, 0.1) is 5.56 Å². The van der Waals surface area contributed by atoms with Gasteiger partial charge >= 0.3 is 5.97 Å². The summed E-state index contributed by atoms with van der Waals surface area (Å²) in [6, 6.07) is 7.21. The molecule has 0 saturated carbocycles. The van der Waals surface area contributed by atoms with Crippen molar-refractivity contribution >= 4 is 5.97 Å². The maximum atomic E-state index is 11.0. The summed E-state index contributed by atoms with van der Waals surface area (Å²) in [5.74, 6) is -0.509. The van der Waals surface area contributed by atoms with Gasteiger partial charge in [-0.3, -0.25) is 0 Å². The van der Waals surface area contributed by atoms with Crippen LogP contribution in [0.5, 0.6) is 0 Å². The molecule has 0 aliphatic heterocycles. The molecular weight excluding hydrogens is 352 g/mol. The van der Waals surface area contributed by atoms with Gasteiger partial charge in [0.15, 0.2) is 6.29 Å². The number of aryl methyl sites for hydroxylation is 1. The van der Waals surface area contributed by atoms with Gasteiger partial charge in [-0.15, -0.1) is 0 Å². The van der Waals surface area contributed by atoms with Gasteiger partial charge in [0.25, 0.3) is 0 Å². The zero-order valence-electron chi connectivity index (χ0n) is 18.1. The maximum Gasteiger partial charge on any atom is 0.335 e. The number of benzene rings is 1. The summed E-state index contributed by atoms with van der Waals surface area (Å²) in [4.78, 5) is 11.0. The molecule has 0 aliphatic carbocycles. The van der Waals surface area contributed by atoms with Crippen LogP contribution in [0.4, 0.5) is 0 Å². The first-order valence-electron chi connectivity index (χ1n) is 11.2. The lowest BCUT2D eigenvalue weighted by Crippen LogP contribution is -2.28. The molecule has 28 heavy (non-hydrogen) atoms. The third kappa shape index (κ3) is 10.2. The third-order valence-corrected chi connectivity index (χ3v) is 5.23. The molecule has 160 valence electrons. The van der Waals surface area contributed by atoms with Gasteiger partial charge in [0.1, 0.15) is 0 Å². The van der Waals surface area contributed by atoms with Crippen molar-refractivity contribution in [2.24, 2.45) is 5.92 Å². The number of hydrogen-bond donors (Lipinski definition) is 1. The summed E-state index contributed by atoms with van der Waals surface area (Å²) in [5, 5.41) is 9.04. The number of carboxylic acids is 1. The Bertz CT molecular complexity index is 506. The predicted molar refractivity (Wildman–Crippen MR) is 115 cm³/mol. The van der Waals surface area contributed by atoms with Crippen LogP contribution in [0.2, 0.25) is 0 Å². The van der Waals surface area contributed by atoms with Gasteiger partial charge < -0.3 is 14.6 Å². The minimum atomic E-state index is -0.879. The lowest BCUT2D eigenvalue weighted by Gasteiger charge is -2.27. The number of aromatic carboxylic acids is 1. The van der Waals surface area contributed by atoms with Crippen LogP contribution in [-0.2, 0) is 15.9 Å². The van der Waals surface area contributed by atoms with E-state index in [4.69, 9.17) is 14.6 Å². The number of rotatable bonds is 17. The summed E-state index contributed by atoms with van der Waals surface area (Å²) in [7, 11) is 0. The van der Waals surface area contributed by atoms with Gasteiger partial charge in [-0.05, 0) is 50.8 Å². The van der Waals surface area contributed by atoms with Crippen molar-refractivity contribution in [1.29, 1.82) is 0 Å². The van der Waals surface area contributed by atoms with Gasteiger partial charge in [0.2, 0.25) is 0 Å². The number of hydrogen-bond acceptors (Lipinski definition) is 3. The molecule has 1 N–H and O–H groups in total. The molecule has 0 aromatic heterocycles. The topological polar surface area (TPSA) is 55.8 Å². The van der Waals surface area contributed by atoms with Crippen molar-refractivity contribution in [2.45, 2.75) is 91.3 Å². The van der Waals surface area contributed by atoms with E-state index < -0.39 is 5.97 Å². The van der Waals surface area contributed by atoms with Crippen molar-refractivity contribution in [3.63, 3.8) is 0 Å². The SMILES string of the molecule is CCCCCCCCCC(CCc1ccc(C(=O)O)cc1)C(OCC)OCC. The quantitative estimate of drug-likeness (QED) is 0.244. The molecule has 0 radical (unpaired) electrons. The molecule has 0 saturated heterocycles. The first kappa shape index (κ1) is 24.6. The van der Waals surface area contributed by atoms with Gasteiger partial charge in [-0.25, -0.2) is 4.79 Å². The highest BCUT2D eigenvalue weighted by Gasteiger charge is 2.22. The fourth-order valence-electron chi connectivity index (χ4n) is 3.59. The smallest absolute Gasteiger partial charge is 0.335 e. The van der Waals surface area contributed by atoms with E-state index in [1.807, 2.05) is 26.0 Å². The molecule has 0 fully saturated rings.